The smallest absolute Gasteiger partial charge is 0.267 e. The van der Waals surface area contributed by atoms with Crippen molar-refractivity contribution in [1.29, 1.82) is 0 Å². The van der Waals surface area contributed by atoms with Gasteiger partial charge in [-0.3, -0.25) is 9.59 Å². The Morgan fingerprint density at radius 2 is 1.79 bits per heavy atom. The topological polar surface area (TPSA) is 91.3 Å². The third kappa shape index (κ3) is 3.86. The molecule has 4 rings (SSSR count). The van der Waals surface area contributed by atoms with Crippen LogP contribution in [0.4, 0.5) is 0 Å². The predicted octanol–water partition coefficient (Wildman–Crippen LogP) is 0.854. The molecule has 28 heavy (non-hydrogen) atoms. The van der Waals surface area contributed by atoms with Gasteiger partial charge in [0.15, 0.2) is 0 Å². The first kappa shape index (κ1) is 19.5. The molecule has 0 radical (unpaired) electrons. The summed E-state index contributed by atoms with van der Waals surface area (Å²) in [7, 11) is 0. The third-order valence-corrected chi connectivity index (χ3v) is 6.43. The van der Waals surface area contributed by atoms with E-state index in [1.807, 2.05) is 11.0 Å². The Bertz CT molecular complexity index is 778. The highest BCUT2D eigenvalue weighted by atomic mass is 16.2. The molecule has 0 aromatic carbocycles. The van der Waals surface area contributed by atoms with Crippen LogP contribution in [-0.2, 0) is 10.2 Å². The number of carbonyl (C=O) groups is 1. The predicted molar refractivity (Wildman–Crippen MR) is 106 cm³/mol. The molecule has 1 aliphatic carbocycles. The lowest BCUT2D eigenvalue weighted by molar-refractivity contribution is -0.138. The molecule has 2 aliphatic heterocycles. The van der Waals surface area contributed by atoms with Crippen molar-refractivity contribution in [2.45, 2.75) is 76.4 Å². The van der Waals surface area contributed by atoms with Crippen molar-refractivity contribution in [3.8, 4) is 0 Å². The van der Waals surface area contributed by atoms with E-state index in [9.17, 15) is 9.59 Å². The van der Waals surface area contributed by atoms with Gasteiger partial charge in [-0.1, -0.05) is 20.8 Å². The Morgan fingerprint density at radius 3 is 2.50 bits per heavy atom. The molecule has 0 bridgehead atoms. The number of likely N-dealkylation sites (tertiary alicyclic amines) is 1. The molecule has 3 fully saturated rings. The largest absolute Gasteiger partial charge is 0.342 e. The zero-order valence-electron chi connectivity index (χ0n) is 17.1. The molecule has 8 nitrogen and oxygen atoms in total. The zero-order valence-corrected chi connectivity index (χ0v) is 17.1. The van der Waals surface area contributed by atoms with Crippen LogP contribution in [0.3, 0.4) is 0 Å². The Labute approximate surface area is 166 Å². The molecule has 1 aromatic heterocycles. The van der Waals surface area contributed by atoms with Gasteiger partial charge in [0.25, 0.3) is 5.56 Å². The third-order valence-electron chi connectivity index (χ3n) is 6.43. The molecule has 1 saturated carbocycles. The molecular weight excluding hydrogens is 356 g/mol. The van der Waals surface area contributed by atoms with E-state index in [-0.39, 0.29) is 28.8 Å². The first-order valence-electron chi connectivity index (χ1n) is 10.5. The molecule has 8 heteroatoms. The van der Waals surface area contributed by atoms with Crippen molar-refractivity contribution in [3.05, 3.63) is 28.2 Å². The van der Waals surface area contributed by atoms with Gasteiger partial charge in [-0.2, -0.15) is 10.6 Å². The summed E-state index contributed by atoms with van der Waals surface area (Å²) in [5, 5.41) is 4.64. The standard InChI is InChI=1S/C20H32N6O2/c1-20(2,3)17-6-7-18(27)26(23-17)14-8-10-25(11-9-14)19(28)13-4-5-15-16(12-13)22-24-21-15/h6-7,13-16,21-22,24H,4-5,8-12H2,1-3H3. The van der Waals surface area contributed by atoms with Crippen molar-refractivity contribution in [3.63, 3.8) is 0 Å². The highest BCUT2D eigenvalue weighted by Crippen LogP contribution is 2.30. The number of carbonyl (C=O) groups excluding carboxylic acids is 1. The molecule has 3 heterocycles. The lowest BCUT2D eigenvalue weighted by Gasteiger charge is -2.37. The van der Waals surface area contributed by atoms with Gasteiger partial charge < -0.3 is 4.90 Å². The van der Waals surface area contributed by atoms with Crippen LogP contribution >= 0.6 is 0 Å². The van der Waals surface area contributed by atoms with Crippen LogP contribution in [0.1, 0.15) is 64.6 Å². The van der Waals surface area contributed by atoms with Crippen LogP contribution in [0, 0.1) is 5.92 Å². The fraction of sp³-hybridized carbons (Fsp3) is 0.750. The lowest BCUT2D eigenvalue weighted by atomic mass is 9.82. The van der Waals surface area contributed by atoms with Crippen molar-refractivity contribution in [1.82, 2.24) is 31.1 Å². The van der Waals surface area contributed by atoms with E-state index in [0.29, 0.717) is 25.2 Å². The second-order valence-electron chi connectivity index (χ2n) is 9.44. The van der Waals surface area contributed by atoms with Crippen molar-refractivity contribution in [2.75, 3.05) is 13.1 Å². The van der Waals surface area contributed by atoms with Crippen molar-refractivity contribution >= 4 is 5.91 Å². The number of piperidine rings is 1. The molecule has 3 N–H and O–H groups in total. The first-order valence-corrected chi connectivity index (χ1v) is 10.5. The number of hydrogen-bond acceptors (Lipinski definition) is 6. The minimum atomic E-state index is -0.0943. The highest BCUT2D eigenvalue weighted by Gasteiger charge is 2.38. The van der Waals surface area contributed by atoms with Gasteiger partial charge in [0, 0.05) is 42.6 Å². The normalized spacial score (nSPS) is 29.0. The van der Waals surface area contributed by atoms with Crippen LogP contribution in [0.2, 0.25) is 0 Å². The number of nitrogens with zero attached hydrogens (tertiary/aromatic N) is 3. The van der Waals surface area contributed by atoms with Gasteiger partial charge in [-0.15, -0.1) is 0 Å². The van der Waals surface area contributed by atoms with Crippen LogP contribution in [0.15, 0.2) is 16.9 Å². The van der Waals surface area contributed by atoms with Crippen LogP contribution in [0.25, 0.3) is 0 Å². The molecule has 0 spiro atoms. The molecule has 1 amide bonds. The molecule has 3 atom stereocenters. The maximum Gasteiger partial charge on any atom is 0.267 e. The Balaban J connectivity index is 1.38. The number of nitrogens with one attached hydrogen (secondary N) is 3. The van der Waals surface area contributed by atoms with Gasteiger partial charge in [-0.25, -0.2) is 15.5 Å². The van der Waals surface area contributed by atoms with Crippen LogP contribution in [0.5, 0.6) is 0 Å². The van der Waals surface area contributed by atoms with Crippen molar-refractivity contribution < 1.29 is 4.79 Å². The minimum Gasteiger partial charge on any atom is -0.342 e. The molecular formula is C20H32N6O2. The van der Waals surface area contributed by atoms with Gasteiger partial charge in [0.2, 0.25) is 5.91 Å². The first-order chi connectivity index (χ1) is 13.3. The van der Waals surface area contributed by atoms with Gasteiger partial charge >= 0.3 is 0 Å². The number of hydrazine groups is 2. The fourth-order valence-corrected chi connectivity index (χ4v) is 4.63. The van der Waals surface area contributed by atoms with Gasteiger partial charge in [0.1, 0.15) is 0 Å². The van der Waals surface area contributed by atoms with E-state index in [2.05, 4.69) is 42.3 Å². The summed E-state index contributed by atoms with van der Waals surface area (Å²) in [5.74, 6) is 0.367. The van der Waals surface area contributed by atoms with E-state index >= 15 is 0 Å². The fourth-order valence-electron chi connectivity index (χ4n) is 4.63. The van der Waals surface area contributed by atoms with E-state index in [0.717, 1.165) is 37.8 Å². The number of rotatable bonds is 2. The lowest BCUT2D eigenvalue weighted by Crippen LogP contribution is -2.48. The maximum absolute atomic E-state index is 13.0. The van der Waals surface area contributed by atoms with Crippen LogP contribution < -0.4 is 21.9 Å². The Kier molecular flexibility index (Phi) is 5.28. The number of hydrogen-bond donors (Lipinski definition) is 3. The monoisotopic (exact) mass is 388 g/mol. The zero-order chi connectivity index (χ0) is 19.9. The minimum absolute atomic E-state index is 0.0524. The van der Waals surface area contributed by atoms with E-state index in [1.165, 1.54) is 0 Å². The van der Waals surface area contributed by atoms with Gasteiger partial charge in [0.05, 0.1) is 11.7 Å². The average molecular weight is 389 g/mol. The summed E-state index contributed by atoms with van der Waals surface area (Å²) in [4.78, 5) is 27.4. The summed E-state index contributed by atoms with van der Waals surface area (Å²) in [6.07, 6.45) is 4.39. The molecule has 3 aliphatic rings. The van der Waals surface area contributed by atoms with E-state index in [4.69, 9.17) is 0 Å². The quantitative estimate of drug-likeness (QED) is 0.696. The van der Waals surface area contributed by atoms with Crippen molar-refractivity contribution in [2.24, 2.45) is 5.92 Å². The number of amides is 1. The molecule has 154 valence electrons. The summed E-state index contributed by atoms with van der Waals surface area (Å²) in [5.41, 5.74) is 10.2. The van der Waals surface area contributed by atoms with Crippen LogP contribution in [-0.4, -0.2) is 45.8 Å². The molecule has 2 saturated heterocycles. The summed E-state index contributed by atoms with van der Waals surface area (Å²) >= 11 is 0. The maximum atomic E-state index is 13.0. The Morgan fingerprint density at radius 1 is 1.07 bits per heavy atom. The molecule has 1 aromatic rings. The SMILES string of the molecule is CC(C)(C)c1ccc(=O)n(C2CCN(C(=O)C3CCC4NNNC4C3)CC2)n1. The summed E-state index contributed by atoms with van der Waals surface area (Å²) < 4.78 is 1.65. The summed E-state index contributed by atoms with van der Waals surface area (Å²) in [6, 6.07) is 4.26. The number of fused-ring (bicyclic) bond motifs is 1. The molecule has 3 unspecified atom stereocenters. The van der Waals surface area contributed by atoms with Gasteiger partial charge in [-0.05, 0) is 38.2 Å². The highest BCUT2D eigenvalue weighted by molar-refractivity contribution is 5.79. The second kappa shape index (κ2) is 7.57. The van der Waals surface area contributed by atoms with E-state index in [1.54, 1.807) is 10.7 Å². The second-order valence-corrected chi connectivity index (χ2v) is 9.44. The van der Waals surface area contributed by atoms with E-state index < -0.39 is 0 Å². The summed E-state index contributed by atoms with van der Waals surface area (Å²) in [6.45, 7) is 7.71. The average Bonchev–Trinajstić information content (AvgIpc) is 3.15. The number of aromatic nitrogens is 2. The Hall–Kier alpha value is -1.77.